The zero-order valence-corrected chi connectivity index (χ0v) is 17.8. The van der Waals surface area contributed by atoms with Gasteiger partial charge in [0, 0.05) is 15.6 Å². The fraction of sp³-hybridized carbons (Fsp3) is 0.286. The van der Waals surface area contributed by atoms with Gasteiger partial charge in [-0.25, -0.2) is 0 Å². The number of halogens is 4. The Labute approximate surface area is 179 Å². The topological polar surface area (TPSA) is 26.3 Å². The van der Waals surface area contributed by atoms with Crippen LogP contribution in [0.3, 0.4) is 0 Å². The first-order valence-corrected chi connectivity index (χ1v) is 9.95. The van der Waals surface area contributed by atoms with E-state index >= 15 is 0 Å². The number of carbonyl (C=O) groups is 1. The van der Waals surface area contributed by atoms with E-state index in [4.69, 9.17) is 51.1 Å². The minimum Gasteiger partial charge on any atom is -0.461 e. The average Bonchev–Trinajstić information content (AvgIpc) is 3.12. The van der Waals surface area contributed by atoms with Gasteiger partial charge in [-0.15, -0.1) is 0 Å². The first-order valence-electron chi connectivity index (χ1n) is 8.44. The van der Waals surface area contributed by atoms with E-state index in [-0.39, 0.29) is 34.3 Å². The molecule has 0 aromatic heterocycles. The number of allylic oxidation sites excluding steroid dienone is 1. The predicted octanol–water partition coefficient (Wildman–Crippen LogP) is 7.29. The number of ether oxygens (including phenoxy) is 1. The Morgan fingerprint density at radius 1 is 1.15 bits per heavy atom. The lowest BCUT2D eigenvalue weighted by molar-refractivity contribution is -0.147. The number of esters is 1. The molecule has 0 heterocycles. The Hall–Kier alpha value is -1.19. The maximum atomic E-state index is 12.5. The highest BCUT2D eigenvalue weighted by atomic mass is 35.5. The molecule has 2 aromatic carbocycles. The fourth-order valence-electron chi connectivity index (χ4n) is 3.37. The summed E-state index contributed by atoms with van der Waals surface area (Å²) in [6.07, 6.45) is 1.71. The lowest BCUT2D eigenvalue weighted by Crippen LogP contribution is -2.10. The molecule has 27 heavy (non-hydrogen) atoms. The molecule has 0 saturated heterocycles. The molecule has 0 bridgehead atoms. The van der Waals surface area contributed by atoms with Crippen molar-refractivity contribution in [3.8, 4) is 11.1 Å². The number of carbonyl (C=O) groups excluding carboxylic acids is 1. The van der Waals surface area contributed by atoms with E-state index in [1.54, 1.807) is 18.2 Å². The minimum absolute atomic E-state index is 0.00536. The van der Waals surface area contributed by atoms with Crippen LogP contribution in [0.1, 0.15) is 19.4 Å². The summed E-state index contributed by atoms with van der Waals surface area (Å²) in [5.74, 6) is -0.487. The van der Waals surface area contributed by atoms with E-state index in [1.807, 2.05) is 44.2 Å². The lowest BCUT2D eigenvalue weighted by Gasteiger charge is -2.09. The third-order valence-electron chi connectivity index (χ3n) is 5.02. The molecule has 2 aromatic rings. The van der Waals surface area contributed by atoms with Crippen molar-refractivity contribution in [1.29, 1.82) is 0 Å². The summed E-state index contributed by atoms with van der Waals surface area (Å²) >= 11 is 23.7. The van der Waals surface area contributed by atoms with E-state index in [0.29, 0.717) is 10.0 Å². The molecule has 0 N–H and O–H groups in total. The van der Waals surface area contributed by atoms with Gasteiger partial charge in [-0.05, 0) is 46.7 Å². The van der Waals surface area contributed by atoms with Crippen molar-refractivity contribution in [3.05, 3.63) is 68.6 Å². The van der Waals surface area contributed by atoms with Crippen LogP contribution in [-0.4, -0.2) is 5.97 Å². The molecule has 6 heteroatoms. The van der Waals surface area contributed by atoms with Gasteiger partial charge in [0.05, 0.1) is 5.92 Å². The van der Waals surface area contributed by atoms with Crippen LogP contribution in [0, 0.1) is 17.3 Å². The molecule has 2 nitrogen and oxygen atoms in total. The minimum atomic E-state index is -0.245. The second kappa shape index (κ2) is 8.05. The number of rotatable bonds is 5. The Morgan fingerprint density at radius 3 is 2.56 bits per heavy atom. The second-order valence-corrected chi connectivity index (χ2v) is 9.06. The van der Waals surface area contributed by atoms with Crippen LogP contribution in [0.15, 0.2) is 53.0 Å². The van der Waals surface area contributed by atoms with Gasteiger partial charge in [0.1, 0.15) is 11.1 Å². The zero-order chi connectivity index (χ0) is 19.8. The zero-order valence-electron chi connectivity index (χ0n) is 14.8. The third kappa shape index (κ3) is 4.63. The van der Waals surface area contributed by atoms with Gasteiger partial charge in [-0.3, -0.25) is 4.79 Å². The van der Waals surface area contributed by atoms with Crippen molar-refractivity contribution in [2.45, 2.75) is 20.5 Å². The van der Waals surface area contributed by atoms with Crippen molar-refractivity contribution in [3.63, 3.8) is 0 Å². The molecule has 2 atom stereocenters. The van der Waals surface area contributed by atoms with E-state index in [0.717, 1.165) is 16.7 Å². The van der Waals surface area contributed by atoms with Crippen molar-refractivity contribution >= 4 is 52.4 Å². The maximum Gasteiger partial charge on any atom is 0.310 e. The molecule has 2 unspecified atom stereocenters. The fourth-order valence-corrected chi connectivity index (χ4v) is 4.16. The van der Waals surface area contributed by atoms with Crippen LogP contribution in [0.5, 0.6) is 0 Å². The van der Waals surface area contributed by atoms with E-state index in [1.165, 1.54) is 0 Å². The van der Waals surface area contributed by atoms with Crippen molar-refractivity contribution < 1.29 is 9.53 Å². The third-order valence-corrected chi connectivity index (χ3v) is 5.82. The smallest absolute Gasteiger partial charge is 0.310 e. The van der Waals surface area contributed by atoms with Crippen molar-refractivity contribution in [2.75, 3.05) is 0 Å². The Bertz CT molecular complexity index is 901. The van der Waals surface area contributed by atoms with Gasteiger partial charge >= 0.3 is 5.97 Å². The first kappa shape index (κ1) is 20.5. The molecule has 0 spiro atoms. The van der Waals surface area contributed by atoms with Crippen LogP contribution in [0.25, 0.3) is 11.1 Å². The number of benzene rings is 2. The van der Waals surface area contributed by atoms with Gasteiger partial charge in [0.2, 0.25) is 0 Å². The summed E-state index contributed by atoms with van der Waals surface area (Å²) < 4.78 is 5.71. The molecule has 1 aliphatic carbocycles. The van der Waals surface area contributed by atoms with Crippen molar-refractivity contribution in [2.24, 2.45) is 17.3 Å². The van der Waals surface area contributed by atoms with Crippen LogP contribution in [0.2, 0.25) is 10.0 Å². The van der Waals surface area contributed by atoms with E-state index in [2.05, 4.69) is 0 Å². The maximum absolute atomic E-state index is 12.5. The number of hydrogen-bond donors (Lipinski definition) is 0. The summed E-state index contributed by atoms with van der Waals surface area (Å²) in [5, 5.41) is 1.16. The highest BCUT2D eigenvalue weighted by Crippen LogP contribution is 2.60. The summed E-state index contributed by atoms with van der Waals surface area (Å²) in [4.78, 5) is 12.5. The van der Waals surface area contributed by atoms with Crippen molar-refractivity contribution in [1.82, 2.24) is 0 Å². The van der Waals surface area contributed by atoms with Crippen LogP contribution in [0.4, 0.5) is 0 Å². The lowest BCUT2D eigenvalue weighted by atomic mass is 10.0. The molecular weight excluding hydrogens is 426 g/mol. The van der Waals surface area contributed by atoms with Gasteiger partial charge in [-0.2, -0.15) is 0 Å². The van der Waals surface area contributed by atoms with E-state index in [9.17, 15) is 4.79 Å². The predicted molar refractivity (Wildman–Crippen MR) is 112 cm³/mol. The second-order valence-electron chi connectivity index (χ2n) is 7.21. The molecule has 1 aliphatic rings. The molecule has 3 rings (SSSR count). The largest absolute Gasteiger partial charge is 0.461 e. The molecule has 0 aliphatic heterocycles. The summed E-state index contributed by atoms with van der Waals surface area (Å²) in [6.45, 7) is 4.19. The molecule has 1 fully saturated rings. The summed E-state index contributed by atoms with van der Waals surface area (Å²) in [6, 6.07) is 13.1. The molecule has 142 valence electrons. The van der Waals surface area contributed by atoms with Gasteiger partial charge in [0.15, 0.2) is 0 Å². The standard InChI is InChI=1S/C21H18Cl4O2/c1-21(2)16(10-18(24)25)19(21)20(26)27-11-12-4-3-5-13(8-12)15-7-6-14(22)9-17(15)23/h3-10,16,19H,11H2,1-2H3. The first-order chi connectivity index (χ1) is 12.7. The molecule has 0 amide bonds. The van der Waals surface area contributed by atoms with Gasteiger partial charge in [-0.1, -0.05) is 84.5 Å². The molecule has 0 radical (unpaired) electrons. The van der Waals surface area contributed by atoms with E-state index < -0.39 is 0 Å². The summed E-state index contributed by atoms with van der Waals surface area (Å²) in [7, 11) is 0. The highest BCUT2D eigenvalue weighted by Gasteiger charge is 2.61. The Kier molecular flexibility index (Phi) is 6.12. The average molecular weight is 444 g/mol. The Balaban J connectivity index is 1.69. The van der Waals surface area contributed by atoms with Gasteiger partial charge in [0.25, 0.3) is 0 Å². The molecular formula is C21H18Cl4O2. The normalized spacial score (nSPS) is 20.1. The number of hydrogen-bond acceptors (Lipinski definition) is 2. The van der Waals surface area contributed by atoms with Crippen LogP contribution < -0.4 is 0 Å². The highest BCUT2D eigenvalue weighted by molar-refractivity contribution is 6.55. The van der Waals surface area contributed by atoms with Crippen LogP contribution in [-0.2, 0) is 16.1 Å². The Morgan fingerprint density at radius 2 is 1.89 bits per heavy atom. The monoisotopic (exact) mass is 442 g/mol. The SMILES string of the molecule is CC1(C)C(C=C(Cl)Cl)C1C(=O)OCc1cccc(-c2ccc(Cl)cc2Cl)c1. The van der Waals surface area contributed by atoms with Gasteiger partial charge < -0.3 is 4.74 Å². The summed E-state index contributed by atoms with van der Waals surface area (Å²) in [5.41, 5.74) is 2.49. The van der Waals surface area contributed by atoms with Crippen LogP contribution >= 0.6 is 46.4 Å². The quantitative estimate of drug-likeness (QED) is 0.453. The molecule has 1 saturated carbocycles.